The first-order valence-corrected chi connectivity index (χ1v) is 5.18. The number of nitrogens with zero attached hydrogens (tertiary/aromatic N) is 1. The van der Waals surface area contributed by atoms with Crippen molar-refractivity contribution in [3.05, 3.63) is 0 Å². The number of hydrogen-bond donors (Lipinski definition) is 0. The van der Waals surface area contributed by atoms with Crippen molar-refractivity contribution < 1.29 is 0 Å². The first-order chi connectivity index (χ1) is 5.46. The summed E-state index contributed by atoms with van der Waals surface area (Å²) in [6, 6.07) is 1.48. The first kappa shape index (κ1) is 10.0. The summed E-state index contributed by atoms with van der Waals surface area (Å²) >= 11 is 0. The molecule has 0 spiro atoms. The van der Waals surface area contributed by atoms with Gasteiger partial charge in [0, 0.05) is 12.1 Å². The zero-order chi connectivity index (χ0) is 9.46. The van der Waals surface area contributed by atoms with E-state index in [1.54, 1.807) is 0 Å². The minimum atomic E-state index is 0.742. The quantitative estimate of drug-likeness (QED) is 0.539. The van der Waals surface area contributed by atoms with Crippen molar-refractivity contribution in [1.82, 2.24) is 4.90 Å². The first-order valence-electron chi connectivity index (χ1n) is 5.18. The van der Waals surface area contributed by atoms with Gasteiger partial charge in [0.15, 0.2) is 0 Å². The molecule has 0 aromatic carbocycles. The predicted octanol–water partition coefficient (Wildman–Crippen LogP) is 2.62. The van der Waals surface area contributed by atoms with Crippen molar-refractivity contribution in [2.75, 3.05) is 7.05 Å². The van der Waals surface area contributed by atoms with E-state index in [2.05, 4.69) is 46.6 Å². The van der Waals surface area contributed by atoms with Crippen LogP contribution in [0.5, 0.6) is 0 Å². The van der Waals surface area contributed by atoms with Gasteiger partial charge in [-0.25, -0.2) is 0 Å². The fraction of sp³-hybridized carbons (Fsp3) is 1.00. The molecule has 1 saturated heterocycles. The Balaban J connectivity index is 2.76. The van der Waals surface area contributed by atoms with Crippen molar-refractivity contribution in [2.45, 2.75) is 46.7 Å². The molecular weight excluding hydrogens is 146 g/mol. The largest absolute Gasteiger partial charge is 0.300 e. The van der Waals surface area contributed by atoms with Crippen LogP contribution in [-0.4, -0.2) is 24.0 Å². The molecule has 1 aliphatic heterocycles. The topological polar surface area (TPSA) is 3.24 Å². The molecule has 72 valence electrons. The molecule has 0 saturated carbocycles. The van der Waals surface area contributed by atoms with Crippen LogP contribution >= 0.6 is 0 Å². The maximum atomic E-state index is 2.52. The van der Waals surface area contributed by atoms with Gasteiger partial charge in [-0.05, 0) is 38.6 Å². The zero-order valence-corrected chi connectivity index (χ0v) is 9.33. The third kappa shape index (κ3) is 1.39. The lowest BCUT2D eigenvalue weighted by Crippen LogP contribution is -2.52. The molecule has 1 heterocycles. The van der Waals surface area contributed by atoms with E-state index in [-0.39, 0.29) is 0 Å². The molecule has 0 aromatic heterocycles. The third-order valence-corrected chi connectivity index (χ3v) is 4.47. The Morgan fingerprint density at radius 2 is 1.00 bits per heavy atom. The summed E-state index contributed by atoms with van der Waals surface area (Å²) in [5.74, 6) is 2.54. The van der Waals surface area contributed by atoms with Crippen LogP contribution in [-0.2, 0) is 0 Å². The van der Waals surface area contributed by atoms with Crippen LogP contribution in [0.2, 0.25) is 0 Å². The van der Waals surface area contributed by atoms with Gasteiger partial charge in [0.25, 0.3) is 0 Å². The number of piperidine rings is 1. The average Bonchev–Trinajstić information content (AvgIpc) is 2.08. The van der Waals surface area contributed by atoms with Gasteiger partial charge in [-0.2, -0.15) is 0 Å². The Labute approximate surface area is 77.1 Å². The Morgan fingerprint density at radius 3 is 1.33 bits per heavy atom. The van der Waals surface area contributed by atoms with E-state index >= 15 is 0 Å². The van der Waals surface area contributed by atoms with Crippen LogP contribution in [0.1, 0.15) is 34.6 Å². The average molecular weight is 169 g/mol. The molecule has 12 heavy (non-hydrogen) atoms. The SMILES string of the molecule is CC1[C@@H](C)[C@@H](C)N(C)[C@@H](C)[C@H]1C. The normalized spacial score (nSPS) is 51.0. The Hall–Kier alpha value is -0.0400. The van der Waals surface area contributed by atoms with E-state index in [0.29, 0.717) is 0 Å². The van der Waals surface area contributed by atoms with Gasteiger partial charge in [-0.1, -0.05) is 20.8 Å². The van der Waals surface area contributed by atoms with E-state index in [9.17, 15) is 0 Å². The number of likely N-dealkylation sites (tertiary alicyclic amines) is 1. The highest BCUT2D eigenvalue weighted by molar-refractivity contribution is 4.89. The van der Waals surface area contributed by atoms with E-state index in [4.69, 9.17) is 0 Å². The monoisotopic (exact) mass is 169 g/mol. The van der Waals surface area contributed by atoms with Gasteiger partial charge in [0.1, 0.15) is 0 Å². The van der Waals surface area contributed by atoms with Crippen molar-refractivity contribution >= 4 is 0 Å². The highest BCUT2D eigenvalue weighted by atomic mass is 15.2. The molecule has 1 aliphatic rings. The van der Waals surface area contributed by atoms with E-state index in [1.807, 2.05) is 0 Å². The van der Waals surface area contributed by atoms with Crippen LogP contribution in [0.25, 0.3) is 0 Å². The number of rotatable bonds is 0. The van der Waals surface area contributed by atoms with Crippen LogP contribution in [0.4, 0.5) is 0 Å². The van der Waals surface area contributed by atoms with Gasteiger partial charge in [0.2, 0.25) is 0 Å². The molecule has 1 fully saturated rings. The standard InChI is InChI=1S/C11H23N/c1-7-8(2)10(4)12(6)11(5)9(7)3/h7-11H,1-6H3/t7?,8-,9+,10-,11+. The van der Waals surface area contributed by atoms with E-state index < -0.39 is 0 Å². The summed E-state index contributed by atoms with van der Waals surface area (Å²) in [7, 11) is 2.26. The molecule has 0 N–H and O–H groups in total. The van der Waals surface area contributed by atoms with Gasteiger partial charge in [-0.15, -0.1) is 0 Å². The van der Waals surface area contributed by atoms with E-state index in [0.717, 1.165) is 29.8 Å². The molecule has 1 rings (SSSR count). The molecule has 0 amide bonds. The maximum Gasteiger partial charge on any atom is 0.00950 e. The zero-order valence-electron chi connectivity index (χ0n) is 9.33. The lowest BCUT2D eigenvalue weighted by molar-refractivity contribution is 0.00768. The fourth-order valence-electron chi connectivity index (χ4n) is 2.47. The lowest BCUT2D eigenvalue weighted by Gasteiger charge is -2.48. The minimum absolute atomic E-state index is 0.742. The van der Waals surface area contributed by atoms with Crippen molar-refractivity contribution in [2.24, 2.45) is 17.8 Å². The second kappa shape index (κ2) is 3.37. The van der Waals surface area contributed by atoms with Crippen LogP contribution < -0.4 is 0 Å². The van der Waals surface area contributed by atoms with Gasteiger partial charge in [0.05, 0.1) is 0 Å². The molecule has 0 radical (unpaired) electrons. The fourth-order valence-corrected chi connectivity index (χ4v) is 2.47. The smallest absolute Gasteiger partial charge is 0.00950 e. The van der Waals surface area contributed by atoms with Gasteiger partial charge >= 0.3 is 0 Å². The molecule has 0 aliphatic carbocycles. The van der Waals surface area contributed by atoms with Gasteiger partial charge < -0.3 is 4.90 Å². The molecule has 1 nitrogen and oxygen atoms in total. The van der Waals surface area contributed by atoms with Crippen LogP contribution in [0.3, 0.4) is 0 Å². The summed E-state index contributed by atoms with van der Waals surface area (Å²) in [5, 5.41) is 0. The molecule has 1 unspecified atom stereocenters. The highest BCUT2D eigenvalue weighted by Crippen LogP contribution is 2.35. The summed E-state index contributed by atoms with van der Waals surface area (Å²) in [5.41, 5.74) is 0. The van der Waals surface area contributed by atoms with Crippen molar-refractivity contribution in [1.29, 1.82) is 0 Å². The lowest BCUT2D eigenvalue weighted by atomic mass is 9.73. The summed E-state index contributed by atoms with van der Waals surface area (Å²) in [6.45, 7) is 11.9. The second-order valence-corrected chi connectivity index (χ2v) is 4.72. The second-order valence-electron chi connectivity index (χ2n) is 4.72. The van der Waals surface area contributed by atoms with Crippen LogP contribution in [0.15, 0.2) is 0 Å². The Bertz CT molecular complexity index is 96.6. The number of hydrogen-bond acceptors (Lipinski definition) is 1. The maximum absolute atomic E-state index is 2.52. The van der Waals surface area contributed by atoms with Crippen molar-refractivity contribution in [3.63, 3.8) is 0 Å². The predicted molar refractivity (Wildman–Crippen MR) is 54.2 cm³/mol. The summed E-state index contributed by atoms with van der Waals surface area (Å²) in [6.07, 6.45) is 0. The van der Waals surface area contributed by atoms with Crippen LogP contribution in [0, 0.1) is 17.8 Å². The van der Waals surface area contributed by atoms with E-state index in [1.165, 1.54) is 0 Å². The molecule has 0 bridgehead atoms. The Morgan fingerprint density at radius 1 is 0.667 bits per heavy atom. The summed E-state index contributed by atoms with van der Waals surface area (Å²) in [4.78, 5) is 2.52. The molecular formula is C11H23N. The van der Waals surface area contributed by atoms with Gasteiger partial charge in [-0.3, -0.25) is 0 Å². The highest BCUT2D eigenvalue weighted by Gasteiger charge is 2.37. The van der Waals surface area contributed by atoms with Crippen molar-refractivity contribution in [3.8, 4) is 0 Å². The summed E-state index contributed by atoms with van der Waals surface area (Å²) < 4.78 is 0. The molecule has 1 heteroatoms. The Kier molecular flexibility index (Phi) is 2.82. The molecule has 0 aromatic rings. The minimum Gasteiger partial charge on any atom is -0.300 e. The molecule has 5 atom stereocenters. The third-order valence-electron chi connectivity index (χ3n) is 4.47.